The molecule has 10 heteroatoms. The second kappa shape index (κ2) is 22.9. The van der Waals surface area contributed by atoms with E-state index < -0.39 is 11.9 Å². The minimum atomic E-state index is -1.20. The molecule has 0 radical (unpaired) electrons. The van der Waals surface area contributed by atoms with Gasteiger partial charge < -0.3 is 19.4 Å². The minimum absolute atomic E-state index is 0. The number of carbonyl (C=O) groups is 3. The van der Waals surface area contributed by atoms with Crippen molar-refractivity contribution >= 4 is 63.0 Å². The van der Waals surface area contributed by atoms with Gasteiger partial charge in [0, 0.05) is 35.2 Å². The number of rotatable bonds is 20. The fraction of sp³-hybridized carbons (Fsp3) is 0.574. The van der Waals surface area contributed by atoms with Gasteiger partial charge in [-0.25, -0.2) is 4.98 Å². The van der Waals surface area contributed by atoms with Crippen molar-refractivity contribution in [3.05, 3.63) is 93.4 Å². The van der Waals surface area contributed by atoms with E-state index in [2.05, 4.69) is 68.0 Å². The number of ether oxygens (including phenoxy) is 2. The van der Waals surface area contributed by atoms with Crippen molar-refractivity contribution in [2.45, 2.75) is 169 Å². The Morgan fingerprint density at radius 1 is 0.922 bits per heavy atom. The van der Waals surface area contributed by atoms with Crippen LogP contribution in [0.15, 0.2) is 42.5 Å². The third kappa shape index (κ3) is 11.7. The summed E-state index contributed by atoms with van der Waals surface area (Å²) in [6, 6.07) is 6.05. The summed E-state index contributed by atoms with van der Waals surface area (Å²) in [5, 5.41) is 0. The first-order valence-electron chi connectivity index (χ1n) is 23.9. The SMILES string of the molecule is C=CC1c2cc3[n-]c(cc4nc5c(c6[n-]c(cc(n2)C1C)CC6CCC(=O)OC/C=C(\C)CCCC(C)CCCC(C)CCCC(C)C)C(C(=O)OC)C(=O)C5=C4C)c(CC)c3C.[Mg+2]. The maximum atomic E-state index is 14.3. The molecule has 2 aromatic rings. The monoisotopic (exact) mass is 881 g/mol. The Morgan fingerprint density at radius 3 is 2.27 bits per heavy atom. The van der Waals surface area contributed by atoms with Crippen LogP contribution in [-0.2, 0) is 36.7 Å². The molecule has 6 atom stereocenters. The topological polar surface area (TPSA) is 124 Å². The summed E-state index contributed by atoms with van der Waals surface area (Å²) in [5.41, 5.74) is 10.9. The Balaban J connectivity index is 0.00000771. The zero-order valence-electron chi connectivity index (χ0n) is 40.6. The molecule has 3 aliphatic heterocycles. The quantitative estimate of drug-likeness (QED) is 0.0553. The van der Waals surface area contributed by atoms with Crippen LogP contribution in [0.25, 0.3) is 22.2 Å². The van der Waals surface area contributed by atoms with Gasteiger partial charge in [0.1, 0.15) is 12.5 Å². The Morgan fingerprint density at radius 2 is 1.61 bits per heavy atom. The van der Waals surface area contributed by atoms with Crippen LogP contribution >= 0.6 is 0 Å². The number of fused-ring (bicyclic) bond motifs is 8. The smallest absolute Gasteiger partial charge is 0.664 e. The van der Waals surface area contributed by atoms with E-state index in [-0.39, 0.29) is 65.6 Å². The molecule has 0 fully saturated rings. The molecule has 5 heterocycles. The summed E-state index contributed by atoms with van der Waals surface area (Å²) in [6.45, 7) is 24.1. The van der Waals surface area contributed by atoms with Crippen LogP contribution in [-0.4, -0.2) is 64.5 Å². The van der Waals surface area contributed by atoms with E-state index in [0.29, 0.717) is 46.6 Å². The Hall–Kier alpha value is -4.02. The summed E-state index contributed by atoms with van der Waals surface area (Å²) < 4.78 is 11.0. The molecule has 8 bridgehead atoms. The number of nitrogens with zero attached hydrogens (tertiary/aromatic N) is 4. The number of methoxy groups -OCH3 is 1. The van der Waals surface area contributed by atoms with E-state index in [0.717, 1.165) is 76.3 Å². The number of aryl methyl sites for hydroxylation is 2. The Kier molecular flexibility index (Phi) is 18.3. The van der Waals surface area contributed by atoms with Crippen molar-refractivity contribution in [1.82, 2.24) is 19.9 Å². The van der Waals surface area contributed by atoms with Crippen LogP contribution in [0.3, 0.4) is 0 Å². The summed E-state index contributed by atoms with van der Waals surface area (Å²) in [5.74, 6) is -0.395. The standard InChI is InChI=1S/C54H73N4O5.Mg/c1-12-40-35(8)42-28-39-27-38(23-24-47(59)63-26-25-34(7)22-16-21-33(6)20-15-19-32(5)18-14-17-31(3)4)51(55-39)49-50(54(61)62-11)53(60)48-37(10)44(58-52(48)49)30-46-41(13-2)36(9)43(57-46)29-45(40)56-42;/h12,25,28-33,35,38,40,50H,1,13-24,26-27H2,2-11H3,(H-,55,56,57,58,60);/q-1;+2/p-1/b34-25+;. The van der Waals surface area contributed by atoms with Crippen molar-refractivity contribution < 1.29 is 23.9 Å². The van der Waals surface area contributed by atoms with E-state index in [1.54, 1.807) is 0 Å². The molecule has 0 N–H and O–H groups in total. The van der Waals surface area contributed by atoms with Gasteiger partial charge in [-0.1, -0.05) is 127 Å². The number of ketones is 1. The molecular formula is C54H72MgN4O5. The Labute approximate surface area is 399 Å². The predicted octanol–water partition coefficient (Wildman–Crippen LogP) is 11.7. The van der Waals surface area contributed by atoms with Gasteiger partial charge in [0.15, 0.2) is 5.78 Å². The van der Waals surface area contributed by atoms with Crippen molar-refractivity contribution in [2.24, 2.45) is 17.8 Å². The van der Waals surface area contributed by atoms with E-state index in [9.17, 15) is 14.4 Å². The largest absolute Gasteiger partial charge is 2.00 e. The van der Waals surface area contributed by atoms with E-state index in [1.807, 2.05) is 31.2 Å². The first kappa shape index (κ1) is 51.0. The van der Waals surface area contributed by atoms with Crippen LogP contribution < -0.4 is 9.97 Å². The molecule has 64 heavy (non-hydrogen) atoms. The van der Waals surface area contributed by atoms with Crippen LogP contribution in [0.2, 0.25) is 0 Å². The fourth-order valence-corrected chi connectivity index (χ4v) is 10.1. The van der Waals surface area contributed by atoms with Gasteiger partial charge in [-0.3, -0.25) is 19.4 Å². The molecule has 0 saturated carbocycles. The number of carbonyl (C=O) groups excluding carboxylic acids is 3. The number of aromatic nitrogens is 4. The van der Waals surface area contributed by atoms with Crippen molar-refractivity contribution in [3.8, 4) is 0 Å². The van der Waals surface area contributed by atoms with Crippen LogP contribution in [0.5, 0.6) is 0 Å². The molecule has 6 rings (SSSR count). The van der Waals surface area contributed by atoms with Crippen LogP contribution in [0, 0.1) is 24.7 Å². The number of hydrogen-bond acceptors (Lipinski definition) is 7. The van der Waals surface area contributed by atoms with Gasteiger partial charge >= 0.3 is 35.0 Å². The van der Waals surface area contributed by atoms with Crippen LogP contribution in [0.1, 0.15) is 201 Å². The Bertz CT molecular complexity index is 2310. The molecular weight excluding hydrogens is 809 g/mol. The van der Waals surface area contributed by atoms with Gasteiger partial charge in [-0.15, -0.1) is 23.3 Å². The molecule has 0 saturated heterocycles. The number of esters is 2. The van der Waals surface area contributed by atoms with Crippen molar-refractivity contribution in [2.75, 3.05) is 13.7 Å². The van der Waals surface area contributed by atoms with E-state index in [4.69, 9.17) is 29.4 Å². The minimum Gasteiger partial charge on any atom is -0.664 e. The number of Topliss-reactive ketones (excluding diaryl/α,β-unsaturated/α-hetero) is 1. The molecule has 2 aromatic heterocycles. The molecule has 9 nitrogen and oxygen atoms in total. The van der Waals surface area contributed by atoms with Crippen LogP contribution in [0.4, 0.5) is 0 Å². The summed E-state index contributed by atoms with van der Waals surface area (Å²) in [7, 11) is 1.30. The molecule has 4 aliphatic rings. The zero-order valence-corrected chi connectivity index (χ0v) is 42.0. The number of allylic oxidation sites excluding steroid dienone is 4. The first-order chi connectivity index (χ1) is 30.1. The van der Waals surface area contributed by atoms with Gasteiger partial charge in [-0.2, -0.15) is 5.69 Å². The second-order valence-electron chi connectivity index (χ2n) is 19.4. The van der Waals surface area contributed by atoms with Crippen molar-refractivity contribution in [1.29, 1.82) is 0 Å². The molecule has 0 spiro atoms. The van der Waals surface area contributed by atoms with Crippen molar-refractivity contribution in [3.63, 3.8) is 0 Å². The normalized spacial score (nSPS) is 19.7. The average molecular weight is 881 g/mol. The number of hydrogen-bond donors (Lipinski definition) is 0. The van der Waals surface area contributed by atoms with Gasteiger partial charge in [0.25, 0.3) is 0 Å². The summed E-state index contributed by atoms with van der Waals surface area (Å²) in [4.78, 5) is 61.6. The van der Waals surface area contributed by atoms with E-state index >= 15 is 0 Å². The maximum Gasteiger partial charge on any atom is 2.00 e. The maximum absolute atomic E-state index is 14.3. The average Bonchev–Trinajstić information content (AvgIpc) is 4.01. The third-order valence-electron chi connectivity index (χ3n) is 14.1. The first-order valence-corrected chi connectivity index (χ1v) is 23.9. The summed E-state index contributed by atoms with van der Waals surface area (Å²) >= 11 is 0. The van der Waals surface area contributed by atoms with E-state index in [1.165, 1.54) is 57.6 Å². The molecule has 6 unspecified atom stereocenters. The molecule has 0 amide bonds. The zero-order chi connectivity index (χ0) is 45.5. The molecule has 340 valence electrons. The van der Waals surface area contributed by atoms with Gasteiger partial charge in [-0.05, 0) is 93.8 Å². The van der Waals surface area contributed by atoms with Gasteiger partial charge in [0.05, 0.1) is 18.5 Å². The second-order valence-corrected chi connectivity index (χ2v) is 19.4. The molecule has 0 aromatic carbocycles. The fourth-order valence-electron chi connectivity index (χ4n) is 10.1. The predicted molar refractivity (Wildman–Crippen MR) is 259 cm³/mol. The third-order valence-corrected chi connectivity index (χ3v) is 14.1. The van der Waals surface area contributed by atoms with Gasteiger partial charge in [0.2, 0.25) is 0 Å². The molecule has 1 aliphatic carbocycles. The summed E-state index contributed by atoms with van der Waals surface area (Å²) in [6.07, 6.45) is 17.1.